The van der Waals surface area contributed by atoms with Crippen LogP contribution >= 0.6 is 0 Å². The summed E-state index contributed by atoms with van der Waals surface area (Å²) in [6.07, 6.45) is 2.19. The second-order valence-electron chi connectivity index (χ2n) is 4.64. The molecule has 0 aliphatic carbocycles. The molecule has 2 aromatic rings. The number of ether oxygens (including phenoxy) is 1. The quantitative estimate of drug-likeness (QED) is 0.674. The van der Waals surface area contributed by atoms with E-state index < -0.39 is 4.92 Å². The van der Waals surface area contributed by atoms with Crippen LogP contribution in [-0.4, -0.2) is 15.0 Å². The van der Waals surface area contributed by atoms with Crippen molar-refractivity contribution in [3.8, 4) is 11.6 Å². The van der Waals surface area contributed by atoms with Crippen LogP contribution in [0.15, 0.2) is 30.5 Å². The Morgan fingerprint density at radius 3 is 2.67 bits per heavy atom. The normalized spacial score (nSPS) is 10.4. The molecule has 0 saturated carbocycles. The Balaban J connectivity index is 2.37. The zero-order valence-electron chi connectivity index (χ0n) is 11.9. The van der Waals surface area contributed by atoms with E-state index >= 15 is 0 Å². The molecule has 0 atom stereocenters. The van der Waals surface area contributed by atoms with Crippen LogP contribution < -0.4 is 4.74 Å². The van der Waals surface area contributed by atoms with Crippen molar-refractivity contribution in [2.45, 2.75) is 26.9 Å². The molecule has 0 aliphatic rings. The van der Waals surface area contributed by atoms with Gasteiger partial charge in [0.05, 0.1) is 11.5 Å². The number of aliphatic hydroxyl groups is 1. The largest absolute Gasteiger partial charge is 0.432 e. The Morgan fingerprint density at radius 2 is 2.10 bits per heavy atom. The smallest absolute Gasteiger partial charge is 0.311 e. The van der Waals surface area contributed by atoms with Crippen molar-refractivity contribution in [3.05, 3.63) is 57.3 Å². The Hall–Kier alpha value is -2.47. The van der Waals surface area contributed by atoms with Gasteiger partial charge in [-0.05, 0) is 36.6 Å². The monoisotopic (exact) mass is 288 g/mol. The number of nitro benzene ring substituents is 1. The summed E-state index contributed by atoms with van der Waals surface area (Å²) < 4.78 is 5.57. The molecule has 1 aromatic carbocycles. The van der Waals surface area contributed by atoms with Crippen LogP contribution in [0.4, 0.5) is 5.69 Å². The average molecular weight is 288 g/mol. The lowest BCUT2D eigenvalue weighted by molar-refractivity contribution is -0.385. The van der Waals surface area contributed by atoms with Crippen molar-refractivity contribution in [1.82, 2.24) is 4.98 Å². The zero-order chi connectivity index (χ0) is 15.4. The number of aromatic nitrogens is 1. The van der Waals surface area contributed by atoms with Gasteiger partial charge in [0.1, 0.15) is 0 Å². The van der Waals surface area contributed by atoms with Crippen LogP contribution in [0.2, 0.25) is 0 Å². The van der Waals surface area contributed by atoms with E-state index in [1.165, 1.54) is 12.3 Å². The summed E-state index contributed by atoms with van der Waals surface area (Å²) in [5, 5.41) is 20.2. The molecule has 110 valence electrons. The highest BCUT2D eigenvalue weighted by Crippen LogP contribution is 2.32. The molecular weight excluding hydrogens is 272 g/mol. The molecule has 1 heterocycles. The Kier molecular flexibility index (Phi) is 4.49. The van der Waals surface area contributed by atoms with Gasteiger partial charge < -0.3 is 9.84 Å². The van der Waals surface area contributed by atoms with Crippen molar-refractivity contribution in [1.29, 1.82) is 0 Å². The van der Waals surface area contributed by atoms with Gasteiger partial charge in [0.15, 0.2) is 0 Å². The number of hydrogen-bond acceptors (Lipinski definition) is 5. The fourth-order valence-electron chi connectivity index (χ4n) is 1.93. The highest BCUT2D eigenvalue weighted by molar-refractivity contribution is 5.50. The second kappa shape index (κ2) is 6.32. The molecule has 0 fully saturated rings. The Labute approximate surface area is 122 Å². The molecular formula is C15H16N2O4. The lowest BCUT2D eigenvalue weighted by atomic mass is 10.1. The van der Waals surface area contributed by atoms with E-state index in [0.717, 1.165) is 5.56 Å². The summed E-state index contributed by atoms with van der Waals surface area (Å²) in [7, 11) is 0. The molecule has 0 saturated heterocycles. The molecule has 2 rings (SSSR count). The van der Waals surface area contributed by atoms with Gasteiger partial charge in [0.2, 0.25) is 11.6 Å². The number of hydrogen-bond donors (Lipinski definition) is 1. The number of nitro groups is 1. The number of pyridine rings is 1. The van der Waals surface area contributed by atoms with Crippen molar-refractivity contribution < 1.29 is 14.8 Å². The summed E-state index contributed by atoms with van der Waals surface area (Å²) in [5.74, 6) is 0.448. The molecule has 0 unspecified atom stereocenters. The third kappa shape index (κ3) is 3.35. The molecule has 21 heavy (non-hydrogen) atoms. The first-order chi connectivity index (χ1) is 10.0. The lowest BCUT2D eigenvalue weighted by Gasteiger charge is -2.09. The third-order valence-corrected chi connectivity index (χ3v) is 3.10. The minimum absolute atomic E-state index is 0.0817. The second-order valence-corrected chi connectivity index (χ2v) is 4.64. The first kappa shape index (κ1) is 14.9. The number of aryl methyl sites for hydroxylation is 2. The van der Waals surface area contributed by atoms with Crippen molar-refractivity contribution in [3.63, 3.8) is 0 Å². The lowest BCUT2D eigenvalue weighted by Crippen LogP contribution is -1.98. The Bertz CT molecular complexity index is 671. The maximum absolute atomic E-state index is 11.1. The summed E-state index contributed by atoms with van der Waals surface area (Å²) in [6.45, 7) is 3.59. The highest BCUT2D eigenvalue weighted by atomic mass is 16.6. The van der Waals surface area contributed by atoms with Crippen molar-refractivity contribution >= 4 is 5.69 Å². The van der Waals surface area contributed by atoms with Gasteiger partial charge in [-0.2, -0.15) is 0 Å². The topological polar surface area (TPSA) is 85.5 Å². The molecule has 0 bridgehead atoms. The van der Waals surface area contributed by atoms with E-state index in [9.17, 15) is 10.1 Å². The van der Waals surface area contributed by atoms with E-state index in [0.29, 0.717) is 23.4 Å². The summed E-state index contributed by atoms with van der Waals surface area (Å²) in [6, 6.07) is 6.61. The summed E-state index contributed by atoms with van der Waals surface area (Å²) in [4.78, 5) is 14.8. The van der Waals surface area contributed by atoms with E-state index in [1.807, 2.05) is 6.92 Å². The average Bonchev–Trinajstić information content (AvgIpc) is 2.49. The summed E-state index contributed by atoms with van der Waals surface area (Å²) >= 11 is 0. The first-order valence-electron chi connectivity index (χ1n) is 6.56. The molecule has 0 aliphatic heterocycles. The van der Waals surface area contributed by atoms with Gasteiger partial charge >= 0.3 is 5.69 Å². The number of nitrogens with zero attached hydrogens (tertiary/aromatic N) is 2. The maximum atomic E-state index is 11.1. The summed E-state index contributed by atoms with van der Waals surface area (Å²) in [5.41, 5.74) is 2.15. The van der Waals surface area contributed by atoms with E-state index in [4.69, 9.17) is 9.84 Å². The standard InChI is InChI=1S/C15H16N2O4/c1-3-11-4-5-14(13(7-11)17(19)20)21-15-10(2)6-12(9-18)8-16-15/h4-8,18H,3,9H2,1-2H3. The highest BCUT2D eigenvalue weighted by Gasteiger charge is 2.17. The van der Waals surface area contributed by atoms with Crippen LogP contribution in [-0.2, 0) is 13.0 Å². The fourth-order valence-corrected chi connectivity index (χ4v) is 1.93. The number of aliphatic hydroxyl groups excluding tert-OH is 1. The fraction of sp³-hybridized carbons (Fsp3) is 0.267. The molecule has 1 aromatic heterocycles. The minimum atomic E-state index is -0.466. The van der Waals surface area contributed by atoms with Gasteiger partial charge in [0.25, 0.3) is 0 Å². The predicted molar refractivity (Wildman–Crippen MR) is 77.4 cm³/mol. The third-order valence-electron chi connectivity index (χ3n) is 3.10. The van der Waals surface area contributed by atoms with Gasteiger partial charge in [-0.1, -0.05) is 13.0 Å². The zero-order valence-corrected chi connectivity index (χ0v) is 11.9. The number of rotatable bonds is 5. The number of benzene rings is 1. The van der Waals surface area contributed by atoms with Gasteiger partial charge in [-0.25, -0.2) is 4.98 Å². The SMILES string of the molecule is CCc1ccc(Oc2ncc(CO)cc2C)c([N+](=O)[O-])c1. The van der Waals surface area contributed by atoms with Crippen molar-refractivity contribution in [2.24, 2.45) is 0 Å². The molecule has 0 radical (unpaired) electrons. The molecule has 0 amide bonds. The molecule has 6 nitrogen and oxygen atoms in total. The van der Waals surface area contributed by atoms with Gasteiger partial charge in [0, 0.05) is 17.8 Å². The van der Waals surface area contributed by atoms with Crippen LogP contribution in [0.1, 0.15) is 23.6 Å². The van der Waals surface area contributed by atoms with Crippen LogP contribution in [0.3, 0.4) is 0 Å². The first-order valence-corrected chi connectivity index (χ1v) is 6.56. The van der Waals surface area contributed by atoms with Crippen molar-refractivity contribution in [2.75, 3.05) is 0 Å². The predicted octanol–water partition coefficient (Wildman–Crippen LogP) is 3.15. The van der Waals surface area contributed by atoms with Crippen LogP contribution in [0.25, 0.3) is 0 Å². The van der Waals surface area contributed by atoms with E-state index in [1.54, 1.807) is 25.1 Å². The van der Waals surface area contributed by atoms with E-state index in [-0.39, 0.29) is 18.0 Å². The Morgan fingerprint density at radius 1 is 1.33 bits per heavy atom. The molecule has 6 heteroatoms. The van der Waals surface area contributed by atoms with Gasteiger partial charge in [-0.15, -0.1) is 0 Å². The van der Waals surface area contributed by atoms with E-state index in [2.05, 4.69) is 4.98 Å². The maximum Gasteiger partial charge on any atom is 0.311 e. The van der Waals surface area contributed by atoms with Gasteiger partial charge in [-0.3, -0.25) is 10.1 Å². The molecule has 1 N–H and O–H groups in total. The minimum Gasteiger partial charge on any atom is -0.432 e. The molecule has 0 spiro atoms. The van der Waals surface area contributed by atoms with Crippen LogP contribution in [0, 0.1) is 17.0 Å². The van der Waals surface area contributed by atoms with Crippen LogP contribution in [0.5, 0.6) is 11.6 Å².